The van der Waals surface area contributed by atoms with Crippen LogP contribution in [-0.4, -0.2) is 20.3 Å². The average molecular weight is 246 g/mol. The minimum Gasteiger partial charge on any atom is -0.382 e. The molecule has 1 unspecified atom stereocenters. The van der Waals surface area contributed by atoms with E-state index in [1.54, 1.807) is 12.1 Å². The van der Waals surface area contributed by atoms with Crippen molar-refractivity contribution in [2.24, 2.45) is 0 Å². The van der Waals surface area contributed by atoms with Gasteiger partial charge in [0.2, 0.25) is 0 Å². The molecule has 4 heteroatoms. The predicted molar refractivity (Wildman–Crippen MR) is 64.3 cm³/mol. The van der Waals surface area contributed by atoms with Crippen molar-refractivity contribution in [2.45, 2.75) is 19.4 Å². The van der Waals surface area contributed by atoms with Gasteiger partial charge < -0.3 is 10.1 Å². The summed E-state index contributed by atoms with van der Waals surface area (Å²) >= 11 is 5.71. The van der Waals surface area contributed by atoms with E-state index in [9.17, 15) is 4.39 Å². The highest BCUT2D eigenvalue weighted by molar-refractivity contribution is 6.30. The lowest BCUT2D eigenvalue weighted by molar-refractivity contribution is 0.137. The molecular formula is C12H17ClFNO. The summed E-state index contributed by atoms with van der Waals surface area (Å²) in [6.07, 6.45) is 0.739. The smallest absolute Gasteiger partial charge is 0.129 e. The summed E-state index contributed by atoms with van der Waals surface area (Å²) < 4.78 is 18.9. The fraction of sp³-hybridized carbons (Fsp3) is 0.500. The third kappa shape index (κ3) is 3.74. The quantitative estimate of drug-likeness (QED) is 0.778. The summed E-state index contributed by atoms with van der Waals surface area (Å²) in [6.45, 7) is 3.24. The molecule has 1 aromatic carbocycles. The Morgan fingerprint density at radius 2 is 2.25 bits per heavy atom. The minimum atomic E-state index is -0.275. The van der Waals surface area contributed by atoms with Crippen LogP contribution >= 0.6 is 11.6 Å². The Kier molecular flexibility index (Phi) is 5.74. The van der Waals surface area contributed by atoms with Crippen LogP contribution in [0.25, 0.3) is 0 Å². The third-order valence-corrected chi connectivity index (χ3v) is 2.68. The molecular weight excluding hydrogens is 229 g/mol. The van der Waals surface area contributed by atoms with E-state index >= 15 is 0 Å². The first-order valence-electron chi connectivity index (χ1n) is 5.39. The minimum absolute atomic E-state index is 0.0381. The average Bonchev–Trinajstić information content (AvgIpc) is 2.26. The SMILES string of the molecule is CCOCCC(NC)c1ccc(Cl)cc1F. The molecule has 0 aliphatic heterocycles. The number of rotatable bonds is 6. The molecule has 0 saturated heterocycles. The second-order valence-corrected chi connectivity index (χ2v) is 3.93. The molecule has 1 atom stereocenters. The van der Waals surface area contributed by atoms with Crippen molar-refractivity contribution in [3.05, 3.63) is 34.6 Å². The fourth-order valence-corrected chi connectivity index (χ4v) is 1.74. The molecule has 0 aliphatic rings. The molecule has 2 nitrogen and oxygen atoms in total. The van der Waals surface area contributed by atoms with Crippen molar-refractivity contribution < 1.29 is 9.13 Å². The zero-order valence-corrected chi connectivity index (χ0v) is 10.4. The molecule has 0 aromatic heterocycles. The Morgan fingerprint density at radius 1 is 1.50 bits per heavy atom. The van der Waals surface area contributed by atoms with Gasteiger partial charge in [-0.2, -0.15) is 0 Å². The summed E-state index contributed by atoms with van der Waals surface area (Å²) in [6, 6.07) is 4.71. The van der Waals surface area contributed by atoms with E-state index in [0.717, 1.165) is 6.42 Å². The van der Waals surface area contributed by atoms with E-state index in [4.69, 9.17) is 16.3 Å². The summed E-state index contributed by atoms with van der Waals surface area (Å²) in [5.74, 6) is -0.275. The molecule has 0 heterocycles. The van der Waals surface area contributed by atoms with Gasteiger partial charge in [-0.05, 0) is 32.5 Å². The summed E-state index contributed by atoms with van der Waals surface area (Å²) in [7, 11) is 1.81. The highest BCUT2D eigenvalue weighted by atomic mass is 35.5. The Balaban J connectivity index is 2.70. The molecule has 90 valence electrons. The highest BCUT2D eigenvalue weighted by Crippen LogP contribution is 2.22. The van der Waals surface area contributed by atoms with Gasteiger partial charge in [0.05, 0.1) is 0 Å². The van der Waals surface area contributed by atoms with Crippen LogP contribution in [0.3, 0.4) is 0 Å². The van der Waals surface area contributed by atoms with E-state index in [-0.39, 0.29) is 11.9 Å². The van der Waals surface area contributed by atoms with Crippen LogP contribution in [0.2, 0.25) is 5.02 Å². The molecule has 0 radical (unpaired) electrons. The van der Waals surface area contributed by atoms with Gasteiger partial charge in [-0.25, -0.2) is 4.39 Å². The van der Waals surface area contributed by atoms with Gasteiger partial charge in [-0.1, -0.05) is 17.7 Å². The van der Waals surface area contributed by atoms with Crippen LogP contribution < -0.4 is 5.32 Å². The van der Waals surface area contributed by atoms with Gasteiger partial charge >= 0.3 is 0 Å². The molecule has 0 aliphatic carbocycles. The number of hydrogen-bond donors (Lipinski definition) is 1. The maximum atomic E-state index is 13.6. The van der Waals surface area contributed by atoms with Crippen molar-refractivity contribution in [3.8, 4) is 0 Å². The molecule has 1 aromatic rings. The van der Waals surface area contributed by atoms with Crippen LogP contribution in [0, 0.1) is 5.82 Å². The van der Waals surface area contributed by atoms with Gasteiger partial charge in [-0.3, -0.25) is 0 Å². The normalized spacial score (nSPS) is 12.8. The predicted octanol–water partition coefficient (Wildman–Crippen LogP) is 3.17. The van der Waals surface area contributed by atoms with E-state index in [2.05, 4.69) is 5.32 Å². The maximum absolute atomic E-state index is 13.6. The molecule has 1 N–H and O–H groups in total. The zero-order chi connectivity index (χ0) is 12.0. The van der Waals surface area contributed by atoms with Crippen LogP contribution in [0.5, 0.6) is 0 Å². The lowest BCUT2D eigenvalue weighted by Crippen LogP contribution is -2.19. The standard InChI is InChI=1S/C12H17ClFNO/c1-3-16-7-6-12(15-2)10-5-4-9(13)8-11(10)14/h4-5,8,12,15H,3,6-7H2,1-2H3. The number of halogens is 2. The van der Waals surface area contributed by atoms with Crippen LogP contribution in [0.4, 0.5) is 4.39 Å². The Labute approximate surface area is 101 Å². The molecule has 0 saturated carbocycles. The van der Waals surface area contributed by atoms with Gasteiger partial charge in [0, 0.05) is 29.8 Å². The van der Waals surface area contributed by atoms with Crippen LogP contribution in [-0.2, 0) is 4.74 Å². The first-order chi connectivity index (χ1) is 7.69. The Bertz CT molecular complexity index is 333. The van der Waals surface area contributed by atoms with E-state index in [1.807, 2.05) is 14.0 Å². The lowest BCUT2D eigenvalue weighted by Gasteiger charge is -2.17. The summed E-state index contributed by atoms with van der Waals surface area (Å²) in [5.41, 5.74) is 0.631. The number of benzene rings is 1. The Hall–Kier alpha value is -0.640. The Morgan fingerprint density at radius 3 is 2.81 bits per heavy atom. The van der Waals surface area contributed by atoms with Crippen molar-refractivity contribution >= 4 is 11.6 Å². The second kappa shape index (κ2) is 6.84. The molecule has 0 amide bonds. The maximum Gasteiger partial charge on any atom is 0.129 e. The molecule has 0 fully saturated rings. The van der Waals surface area contributed by atoms with Gasteiger partial charge in [-0.15, -0.1) is 0 Å². The number of hydrogen-bond acceptors (Lipinski definition) is 2. The summed E-state index contributed by atoms with van der Waals surface area (Å²) in [4.78, 5) is 0. The monoisotopic (exact) mass is 245 g/mol. The first kappa shape index (κ1) is 13.4. The van der Waals surface area contributed by atoms with Gasteiger partial charge in [0.15, 0.2) is 0 Å². The van der Waals surface area contributed by atoms with Crippen LogP contribution in [0.1, 0.15) is 24.9 Å². The van der Waals surface area contributed by atoms with Crippen molar-refractivity contribution in [3.63, 3.8) is 0 Å². The summed E-state index contributed by atoms with van der Waals surface area (Å²) in [5, 5.41) is 3.49. The number of ether oxygens (including phenoxy) is 1. The third-order valence-electron chi connectivity index (χ3n) is 2.44. The number of nitrogens with one attached hydrogen (secondary N) is 1. The van der Waals surface area contributed by atoms with Gasteiger partial charge in [0.1, 0.15) is 5.82 Å². The molecule has 1 rings (SSSR count). The van der Waals surface area contributed by atoms with E-state index in [0.29, 0.717) is 23.8 Å². The molecule has 0 bridgehead atoms. The zero-order valence-electron chi connectivity index (χ0n) is 9.59. The largest absolute Gasteiger partial charge is 0.382 e. The van der Waals surface area contributed by atoms with Gasteiger partial charge in [0.25, 0.3) is 0 Å². The van der Waals surface area contributed by atoms with Crippen molar-refractivity contribution in [1.29, 1.82) is 0 Å². The van der Waals surface area contributed by atoms with Crippen molar-refractivity contribution in [2.75, 3.05) is 20.3 Å². The van der Waals surface area contributed by atoms with Crippen LogP contribution in [0.15, 0.2) is 18.2 Å². The second-order valence-electron chi connectivity index (χ2n) is 3.49. The lowest BCUT2D eigenvalue weighted by atomic mass is 10.0. The highest BCUT2D eigenvalue weighted by Gasteiger charge is 2.13. The first-order valence-corrected chi connectivity index (χ1v) is 5.76. The molecule has 16 heavy (non-hydrogen) atoms. The molecule has 0 spiro atoms. The fourth-order valence-electron chi connectivity index (χ4n) is 1.58. The van der Waals surface area contributed by atoms with E-state index in [1.165, 1.54) is 6.07 Å². The topological polar surface area (TPSA) is 21.3 Å². The van der Waals surface area contributed by atoms with Crippen molar-refractivity contribution in [1.82, 2.24) is 5.32 Å². The van der Waals surface area contributed by atoms with E-state index < -0.39 is 0 Å².